The third kappa shape index (κ3) is 6.08. The Morgan fingerprint density at radius 1 is 0.412 bits per heavy atom. The van der Waals surface area contributed by atoms with Crippen molar-refractivity contribution in [2.24, 2.45) is 9.98 Å². The van der Waals surface area contributed by atoms with E-state index in [4.69, 9.17) is 0 Å². The van der Waals surface area contributed by atoms with Crippen molar-refractivity contribution in [3.05, 3.63) is 144 Å². The second-order valence-corrected chi connectivity index (χ2v) is 7.67. The summed E-state index contributed by atoms with van der Waals surface area (Å²) in [4.78, 5) is 34.2. The average molecular weight is 445 g/mol. The van der Waals surface area contributed by atoms with Gasteiger partial charge >= 0.3 is 0 Å². The lowest BCUT2D eigenvalue weighted by atomic mass is 10.0. The Kier molecular flexibility index (Phi) is 7.65. The van der Waals surface area contributed by atoms with Gasteiger partial charge in [0.2, 0.25) is 11.8 Å². The van der Waals surface area contributed by atoms with Gasteiger partial charge in [-0.15, -0.1) is 0 Å². The van der Waals surface area contributed by atoms with E-state index in [1.54, 1.807) is 0 Å². The second-order valence-electron chi connectivity index (χ2n) is 7.67. The van der Waals surface area contributed by atoms with E-state index in [1.165, 1.54) is 0 Å². The van der Waals surface area contributed by atoms with Crippen LogP contribution in [0.5, 0.6) is 0 Å². The molecule has 4 nitrogen and oxygen atoms in total. The smallest absolute Gasteiger partial charge is 0.246 e. The highest BCUT2D eigenvalue weighted by molar-refractivity contribution is 6.18. The fraction of sp³-hybridized carbons (Fsp3) is 0.0667. The van der Waals surface area contributed by atoms with Gasteiger partial charge in [0.15, 0.2) is 0 Å². The molecule has 0 unspecified atom stereocenters. The molecule has 0 radical (unpaired) electrons. The molecule has 34 heavy (non-hydrogen) atoms. The summed E-state index contributed by atoms with van der Waals surface area (Å²) in [6, 6.07) is 38.3. The monoisotopic (exact) mass is 444 g/mol. The van der Waals surface area contributed by atoms with E-state index < -0.39 is 0 Å². The molecule has 0 atom stereocenters. The second kappa shape index (κ2) is 11.4. The van der Waals surface area contributed by atoms with Crippen molar-refractivity contribution in [3.8, 4) is 0 Å². The van der Waals surface area contributed by atoms with E-state index in [1.807, 2.05) is 121 Å². The number of hydrogen-bond acceptors (Lipinski definition) is 2. The Labute approximate surface area is 199 Å². The van der Waals surface area contributed by atoms with Gasteiger partial charge in [-0.3, -0.25) is 9.59 Å². The number of hydrogen-bond donors (Lipinski definition) is 0. The SMILES string of the molecule is O=C(CCC(=O)N=C(c1ccccc1)c1ccccc1)N=C(c1ccccc1)c1ccccc1. The molecule has 0 fully saturated rings. The number of carbonyl (C=O) groups excluding carboxylic acids is 2. The standard InChI is InChI=1S/C30H24N2O2/c33-27(31-29(23-13-5-1-6-14-23)24-15-7-2-8-16-24)21-22-28(34)32-30(25-17-9-3-10-18-25)26-19-11-4-12-20-26/h1-20H,21-22H2. The first-order chi connectivity index (χ1) is 16.7. The van der Waals surface area contributed by atoms with Crippen LogP contribution in [0.15, 0.2) is 131 Å². The number of rotatable bonds is 7. The zero-order chi connectivity index (χ0) is 23.6. The van der Waals surface area contributed by atoms with E-state index in [9.17, 15) is 9.59 Å². The van der Waals surface area contributed by atoms with Crippen LogP contribution in [0.3, 0.4) is 0 Å². The summed E-state index contributed by atoms with van der Waals surface area (Å²) in [5.74, 6) is -0.709. The van der Waals surface area contributed by atoms with Gasteiger partial charge in [0, 0.05) is 35.1 Å². The summed E-state index contributed by atoms with van der Waals surface area (Å²) in [5.41, 5.74) is 4.58. The Morgan fingerprint density at radius 2 is 0.647 bits per heavy atom. The lowest BCUT2D eigenvalue weighted by molar-refractivity contribution is -0.122. The maximum atomic E-state index is 12.7. The number of aliphatic imine (C=N–C) groups is 2. The zero-order valence-corrected chi connectivity index (χ0v) is 18.7. The topological polar surface area (TPSA) is 58.9 Å². The summed E-state index contributed by atoms with van der Waals surface area (Å²) < 4.78 is 0. The first kappa shape index (κ1) is 22.7. The molecule has 0 spiro atoms. The van der Waals surface area contributed by atoms with E-state index in [0.29, 0.717) is 11.4 Å². The summed E-state index contributed by atoms with van der Waals surface area (Å²) in [6.07, 6.45) is -0.0231. The minimum absolute atomic E-state index is 0.0115. The molecule has 0 heterocycles. The van der Waals surface area contributed by atoms with E-state index in [0.717, 1.165) is 22.3 Å². The third-order valence-corrected chi connectivity index (χ3v) is 5.21. The third-order valence-electron chi connectivity index (χ3n) is 5.21. The van der Waals surface area contributed by atoms with Crippen LogP contribution in [0.25, 0.3) is 0 Å². The maximum Gasteiger partial charge on any atom is 0.246 e. The predicted molar refractivity (Wildman–Crippen MR) is 136 cm³/mol. The van der Waals surface area contributed by atoms with Crippen molar-refractivity contribution >= 4 is 23.2 Å². The lowest BCUT2D eigenvalue weighted by Gasteiger charge is -2.08. The molecule has 0 saturated carbocycles. The highest BCUT2D eigenvalue weighted by Crippen LogP contribution is 2.14. The van der Waals surface area contributed by atoms with Crippen LogP contribution in [0, 0.1) is 0 Å². The van der Waals surface area contributed by atoms with Crippen LogP contribution in [-0.2, 0) is 9.59 Å². The molecule has 0 aliphatic carbocycles. The van der Waals surface area contributed by atoms with E-state index >= 15 is 0 Å². The molecular formula is C30H24N2O2. The van der Waals surface area contributed by atoms with Crippen LogP contribution in [0.1, 0.15) is 35.1 Å². The zero-order valence-electron chi connectivity index (χ0n) is 18.7. The van der Waals surface area contributed by atoms with Crippen LogP contribution >= 0.6 is 0 Å². The molecule has 4 aromatic carbocycles. The molecule has 166 valence electrons. The van der Waals surface area contributed by atoms with Crippen molar-refractivity contribution in [2.45, 2.75) is 12.8 Å². The van der Waals surface area contributed by atoms with Crippen molar-refractivity contribution in [3.63, 3.8) is 0 Å². The predicted octanol–water partition coefficient (Wildman–Crippen LogP) is 5.90. The lowest BCUT2D eigenvalue weighted by Crippen LogP contribution is -2.10. The summed E-state index contributed by atoms with van der Waals surface area (Å²) >= 11 is 0. The van der Waals surface area contributed by atoms with Crippen molar-refractivity contribution in [2.75, 3.05) is 0 Å². The van der Waals surface area contributed by atoms with Gasteiger partial charge in [-0.25, -0.2) is 9.98 Å². The van der Waals surface area contributed by atoms with E-state index in [-0.39, 0.29) is 24.7 Å². The van der Waals surface area contributed by atoms with Gasteiger partial charge in [0.25, 0.3) is 0 Å². The molecule has 0 saturated heterocycles. The molecule has 0 bridgehead atoms. The van der Waals surface area contributed by atoms with Gasteiger partial charge < -0.3 is 0 Å². The number of amides is 2. The Hall–Kier alpha value is -4.44. The number of nitrogens with zero attached hydrogens (tertiary/aromatic N) is 2. The minimum Gasteiger partial charge on any atom is -0.273 e. The fourth-order valence-electron chi connectivity index (χ4n) is 3.55. The Morgan fingerprint density at radius 3 is 0.882 bits per heavy atom. The van der Waals surface area contributed by atoms with Gasteiger partial charge in [0.05, 0.1) is 11.4 Å². The molecule has 0 aliphatic rings. The highest BCUT2D eigenvalue weighted by Gasteiger charge is 2.13. The molecule has 0 N–H and O–H groups in total. The molecule has 2 amide bonds. The molecular weight excluding hydrogens is 420 g/mol. The first-order valence-corrected chi connectivity index (χ1v) is 11.2. The maximum absolute atomic E-state index is 12.7. The average Bonchev–Trinajstić information content (AvgIpc) is 2.91. The summed E-state index contributed by atoms with van der Waals surface area (Å²) in [7, 11) is 0. The molecule has 4 aromatic rings. The van der Waals surface area contributed by atoms with Crippen molar-refractivity contribution in [1.82, 2.24) is 0 Å². The molecule has 4 rings (SSSR count). The molecule has 0 aromatic heterocycles. The quantitative estimate of drug-likeness (QED) is 0.334. The van der Waals surface area contributed by atoms with Crippen molar-refractivity contribution in [1.29, 1.82) is 0 Å². The van der Waals surface area contributed by atoms with Crippen LogP contribution < -0.4 is 0 Å². The molecule has 0 aliphatic heterocycles. The Bertz CT molecular complexity index is 1110. The Balaban J connectivity index is 1.53. The van der Waals surface area contributed by atoms with Crippen molar-refractivity contribution < 1.29 is 9.59 Å². The van der Waals surface area contributed by atoms with Crippen LogP contribution in [-0.4, -0.2) is 23.2 Å². The summed E-state index contributed by atoms with van der Waals surface area (Å²) in [5, 5.41) is 0. The fourth-order valence-corrected chi connectivity index (χ4v) is 3.55. The largest absolute Gasteiger partial charge is 0.273 e. The summed E-state index contributed by atoms with van der Waals surface area (Å²) in [6.45, 7) is 0. The van der Waals surface area contributed by atoms with Gasteiger partial charge in [-0.05, 0) is 0 Å². The van der Waals surface area contributed by atoms with E-state index in [2.05, 4.69) is 9.98 Å². The number of benzene rings is 4. The number of carbonyl (C=O) groups is 2. The molecule has 4 heteroatoms. The normalized spacial score (nSPS) is 10.2. The highest BCUT2D eigenvalue weighted by atomic mass is 16.2. The van der Waals surface area contributed by atoms with Gasteiger partial charge in [0.1, 0.15) is 0 Å². The minimum atomic E-state index is -0.354. The van der Waals surface area contributed by atoms with Gasteiger partial charge in [-0.2, -0.15) is 0 Å². The van der Waals surface area contributed by atoms with Crippen LogP contribution in [0.4, 0.5) is 0 Å². The van der Waals surface area contributed by atoms with Gasteiger partial charge in [-0.1, -0.05) is 121 Å². The first-order valence-electron chi connectivity index (χ1n) is 11.2. The van der Waals surface area contributed by atoms with Crippen LogP contribution in [0.2, 0.25) is 0 Å².